The molecule has 0 saturated carbocycles. The minimum Gasteiger partial charge on any atom is -0.381 e. The monoisotopic (exact) mass is 265 g/mol. The first-order chi connectivity index (χ1) is 8.08. The third kappa shape index (κ3) is 8.54. The summed E-state index contributed by atoms with van der Waals surface area (Å²) in [4.78, 5) is 0. The van der Waals surface area contributed by atoms with Gasteiger partial charge in [0.25, 0.3) is 0 Å². The molecule has 17 heavy (non-hydrogen) atoms. The minimum absolute atomic E-state index is 0.187. The molecule has 0 aliphatic carbocycles. The van der Waals surface area contributed by atoms with E-state index in [9.17, 15) is 8.42 Å². The summed E-state index contributed by atoms with van der Waals surface area (Å²) in [5.41, 5.74) is 0. The third-order valence-electron chi connectivity index (χ3n) is 2.77. The maximum Gasteiger partial charge on any atom is 0.148 e. The zero-order chi connectivity index (χ0) is 12.6. The predicted molar refractivity (Wildman–Crippen MR) is 66.9 cm³/mol. The minimum atomic E-state index is -2.85. The fourth-order valence-corrected chi connectivity index (χ4v) is 2.21. The first-order valence-corrected chi connectivity index (χ1v) is 8.18. The highest BCUT2D eigenvalue weighted by molar-refractivity contribution is 7.90. The first kappa shape index (κ1) is 14.9. The van der Waals surface area contributed by atoms with Gasteiger partial charge in [0, 0.05) is 39.2 Å². The van der Waals surface area contributed by atoms with Crippen molar-refractivity contribution in [2.45, 2.75) is 12.8 Å². The number of rotatable bonds is 8. The fraction of sp³-hybridized carbons (Fsp3) is 1.00. The van der Waals surface area contributed by atoms with Crippen molar-refractivity contribution in [2.75, 3.05) is 51.5 Å². The van der Waals surface area contributed by atoms with Crippen molar-refractivity contribution in [3.05, 3.63) is 0 Å². The van der Waals surface area contributed by atoms with Crippen LogP contribution in [0.15, 0.2) is 0 Å². The summed E-state index contributed by atoms with van der Waals surface area (Å²) < 4.78 is 32.5. The van der Waals surface area contributed by atoms with E-state index in [1.807, 2.05) is 0 Å². The Morgan fingerprint density at radius 1 is 1.29 bits per heavy atom. The molecule has 102 valence electrons. The Labute approximate surface area is 104 Å². The van der Waals surface area contributed by atoms with Crippen LogP contribution in [0.25, 0.3) is 0 Å². The molecule has 1 aliphatic rings. The van der Waals surface area contributed by atoms with Gasteiger partial charge >= 0.3 is 0 Å². The van der Waals surface area contributed by atoms with Crippen LogP contribution < -0.4 is 5.32 Å². The van der Waals surface area contributed by atoms with Gasteiger partial charge in [-0.2, -0.15) is 0 Å². The molecule has 1 heterocycles. The van der Waals surface area contributed by atoms with Crippen molar-refractivity contribution in [3.8, 4) is 0 Å². The van der Waals surface area contributed by atoms with Gasteiger partial charge in [-0.15, -0.1) is 0 Å². The molecule has 1 aliphatic heterocycles. The van der Waals surface area contributed by atoms with E-state index in [1.54, 1.807) is 0 Å². The van der Waals surface area contributed by atoms with E-state index < -0.39 is 9.84 Å². The van der Waals surface area contributed by atoms with E-state index in [0.717, 1.165) is 32.7 Å². The van der Waals surface area contributed by atoms with Gasteiger partial charge in [0.2, 0.25) is 0 Å². The van der Waals surface area contributed by atoms with Gasteiger partial charge in [-0.25, -0.2) is 8.42 Å². The Hall–Kier alpha value is -0.170. The second-order valence-electron chi connectivity index (χ2n) is 4.51. The van der Waals surface area contributed by atoms with Crippen molar-refractivity contribution in [1.29, 1.82) is 0 Å². The zero-order valence-corrected chi connectivity index (χ0v) is 11.3. The van der Waals surface area contributed by atoms with E-state index in [2.05, 4.69) is 5.32 Å². The summed E-state index contributed by atoms with van der Waals surface area (Å²) in [6.45, 7) is 4.33. The fourth-order valence-electron chi connectivity index (χ4n) is 1.69. The standard InChI is InChI=1S/C11H23NO4S/c1-17(13,14)9-5-12-4-8-16-10-11-2-6-15-7-3-11/h11-12H,2-10H2,1H3. The summed E-state index contributed by atoms with van der Waals surface area (Å²) in [5, 5.41) is 3.05. The average molecular weight is 265 g/mol. The summed E-state index contributed by atoms with van der Waals surface area (Å²) in [7, 11) is -2.85. The lowest BCUT2D eigenvalue weighted by atomic mass is 10.0. The van der Waals surface area contributed by atoms with Crippen LogP contribution in [-0.4, -0.2) is 59.9 Å². The number of nitrogens with one attached hydrogen (secondary N) is 1. The molecule has 6 heteroatoms. The number of ether oxygens (including phenoxy) is 2. The van der Waals surface area contributed by atoms with Crippen LogP contribution >= 0.6 is 0 Å². The molecule has 1 fully saturated rings. The van der Waals surface area contributed by atoms with Crippen molar-refractivity contribution < 1.29 is 17.9 Å². The van der Waals surface area contributed by atoms with Crippen LogP contribution in [-0.2, 0) is 19.3 Å². The van der Waals surface area contributed by atoms with Gasteiger partial charge in [0.1, 0.15) is 9.84 Å². The Morgan fingerprint density at radius 3 is 2.65 bits per heavy atom. The number of sulfone groups is 1. The molecule has 1 rings (SSSR count). The molecule has 5 nitrogen and oxygen atoms in total. The lowest BCUT2D eigenvalue weighted by Gasteiger charge is -2.21. The highest BCUT2D eigenvalue weighted by atomic mass is 32.2. The zero-order valence-electron chi connectivity index (χ0n) is 10.5. The lowest BCUT2D eigenvalue weighted by molar-refractivity contribution is 0.0215. The SMILES string of the molecule is CS(=O)(=O)CCNCCOCC1CCOCC1. The van der Waals surface area contributed by atoms with Gasteiger partial charge < -0.3 is 14.8 Å². The topological polar surface area (TPSA) is 64.6 Å². The molecule has 0 atom stereocenters. The maximum atomic E-state index is 10.8. The van der Waals surface area contributed by atoms with E-state index in [0.29, 0.717) is 25.6 Å². The van der Waals surface area contributed by atoms with Crippen LogP contribution in [0.4, 0.5) is 0 Å². The molecule has 0 radical (unpaired) electrons. The lowest BCUT2D eigenvalue weighted by Crippen LogP contribution is -2.27. The Kier molecular flexibility index (Phi) is 7.03. The molecule has 0 unspecified atom stereocenters. The Bertz CT molecular complexity index is 286. The highest BCUT2D eigenvalue weighted by Gasteiger charge is 2.13. The van der Waals surface area contributed by atoms with Gasteiger partial charge in [-0.1, -0.05) is 0 Å². The van der Waals surface area contributed by atoms with Gasteiger partial charge in [0.15, 0.2) is 0 Å². The molecule has 0 aromatic rings. The van der Waals surface area contributed by atoms with Crippen molar-refractivity contribution >= 4 is 9.84 Å². The van der Waals surface area contributed by atoms with E-state index in [1.165, 1.54) is 6.26 Å². The Balaban J connectivity index is 1.87. The molecule has 1 N–H and O–H groups in total. The Morgan fingerprint density at radius 2 is 2.00 bits per heavy atom. The highest BCUT2D eigenvalue weighted by Crippen LogP contribution is 2.14. The largest absolute Gasteiger partial charge is 0.381 e. The van der Waals surface area contributed by atoms with Gasteiger partial charge in [0.05, 0.1) is 12.4 Å². The maximum absolute atomic E-state index is 10.8. The van der Waals surface area contributed by atoms with Crippen LogP contribution in [0.5, 0.6) is 0 Å². The van der Waals surface area contributed by atoms with Crippen molar-refractivity contribution in [2.24, 2.45) is 5.92 Å². The molecular formula is C11H23NO4S. The third-order valence-corrected chi connectivity index (χ3v) is 3.71. The number of hydrogen-bond donors (Lipinski definition) is 1. The van der Waals surface area contributed by atoms with Gasteiger partial charge in [-0.3, -0.25) is 0 Å². The molecular weight excluding hydrogens is 242 g/mol. The average Bonchev–Trinajstić information content (AvgIpc) is 2.28. The van der Waals surface area contributed by atoms with E-state index in [4.69, 9.17) is 9.47 Å². The van der Waals surface area contributed by atoms with Crippen LogP contribution in [0.2, 0.25) is 0 Å². The van der Waals surface area contributed by atoms with E-state index >= 15 is 0 Å². The molecule has 0 amide bonds. The summed E-state index contributed by atoms with van der Waals surface area (Å²) in [6.07, 6.45) is 3.42. The summed E-state index contributed by atoms with van der Waals surface area (Å²) in [5.74, 6) is 0.812. The number of hydrogen-bond acceptors (Lipinski definition) is 5. The van der Waals surface area contributed by atoms with Crippen molar-refractivity contribution in [1.82, 2.24) is 5.32 Å². The van der Waals surface area contributed by atoms with Crippen molar-refractivity contribution in [3.63, 3.8) is 0 Å². The predicted octanol–water partition coefficient (Wildman–Crippen LogP) is 0.0638. The smallest absolute Gasteiger partial charge is 0.148 e. The van der Waals surface area contributed by atoms with Crippen LogP contribution in [0.3, 0.4) is 0 Å². The second kappa shape index (κ2) is 8.02. The molecule has 0 bridgehead atoms. The summed E-state index contributed by atoms with van der Waals surface area (Å²) >= 11 is 0. The molecule has 0 spiro atoms. The van der Waals surface area contributed by atoms with Crippen LogP contribution in [0.1, 0.15) is 12.8 Å². The van der Waals surface area contributed by atoms with E-state index in [-0.39, 0.29) is 5.75 Å². The second-order valence-corrected chi connectivity index (χ2v) is 6.77. The van der Waals surface area contributed by atoms with Gasteiger partial charge in [-0.05, 0) is 18.8 Å². The van der Waals surface area contributed by atoms with Crippen LogP contribution in [0, 0.1) is 5.92 Å². The molecule has 0 aromatic carbocycles. The summed E-state index contributed by atoms with van der Waals surface area (Å²) in [6, 6.07) is 0. The molecule has 0 aromatic heterocycles. The normalized spacial score (nSPS) is 18.4. The molecule has 1 saturated heterocycles. The quantitative estimate of drug-likeness (QED) is 0.629. The first-order valence-electron chi connectivity index (χ1n) is 6.12.